The van der Waals surface area contributed by atoms with Crippen LogP contribution in [-0.4, -0.2) is 16.2 Å². The predicted octanol–water partition coefficient (Wildman–Crippen LogP) is 3.22. The molecule has 7 heteroatoms. The minimum atomic E-state index is -0.627. The van der Waals surface area contributed by atoms with Crippen LogP contribution in [0.1, 0.15) is 35.2 Å². The molecule has 3 aromatic rings. The summed E-state index contributed by atoms with van der Waals surface area (Å²) in [4.78, 5) is 17.8. The van der Waals surface area contributed by atoms with Crippen molar-refractivity contribution in [1.29, 1.82) is 5.26 Å². The molecule has 2 N–H and O–H groups in total. The van der Waals surface area contributed by atoms with E-state index in [2.05, 4.69) is 11.1 Å². The molecule has 0 bridgehead atoms. The zero-order valence-electron chi connectivity index (χ0n) is 17.3. The maximum atomic E-state index is 13.6. The third-order valence-corrected chi connectivity index (χ3v) is 5.28. The normalized spacial score (nSPS) is 15.1. The average Bonchev–Trinajstić information content (AvgIpc) is 2.77. The number of nitrogens with zero attached hydrogens (tertiary/aromatic N) is 3. The second-order valence-electron chi connectivity index (χ2n) is 7.24. The first-order valence-electron chi connectivity index (χ1n) is 9.97. The molecule has 2 aromatic heterocycles. The van der Waals surface area contributed by atoms with Crippen LogP contribution in [0.4, 0.5) is 0 Å². The van der Waals surface area contributed by atoms with E-state index in [9.17, 15) is 10.1 Å². The van der Waals surface area contributed by atoms with E-state index in [0.717, 1.165) is 16.8 Å². The van der Waals surface area contributed by atoms with Crippen LogP contribution in [0.5, 0.6) is 11.5 Å². The average molecular weight is 414 g/mol. The van der Waals surface area contributed by atoms with Gasteiger partial charge in [-0.2, -0.15) is 5.26 Å². The van der Waals surface area contributed by atoms with Gasteiger partial charge in [0.25, 0.3) is 5.56 Å². The molecule has 1 aromatic carbocycles. The molecule has 0 saturated heterocycles. The van der Waals surface area contributed by atoms with Gasteiger partial charge in [-0.05, 0) is 43.2 Å². The standard InChI is InChI=1S/C24H22N4O3/c1-3-30-18-8-6-17(7-9-18)21-19(12-25)23(26)31-20-11-15(2)28(24(29)22(20)21)14-16-5-4-10-27-13-16/h4-11,13,21H,3,14,26H2,1-2H3/t21-/m1/s1. The van der Waals surface area contributed by atoms with Crippen molar-refractivity contribution in [2.45, 2.75) is 26.3 Å². The van der Waals surface area contributed by atoms with E-state index in [0.29, 0.717) is 30.2 Å². The number of ether oxygens (including phenoxy) is 2. The molecular formula is C24H22N4O3. The van der Waals surface area contributed by atoms with E-state index in [1.54, 1.807) is 23.0 Å². The van der Waals surface area contributed by atoms with Gasteiger partial charge in [0.1, 0.15) is 23.1 Å². The fourth-order valence-corrected chi connectivity index (χ4v) is 3.81. The molecule has 31 heavy (non-hydrogen) atoms. The lowest BCUT2D eigenvalue weighted by atomic mass is 9.84. The van der Waals surface area contributed by atoms with Gasteiger partial charge < -0.3 is 19.8 Å². The minimum absolute atomic E-state index is 0.0118. The summed E-state index contributed by atoms with van der Waals surface area (Å²) >= 11 is 0. The zero-order chi connectivity index (χ0) is 22.0. The molecule has 0 fully saturated rings. The maximum absolute atomic E-state index is 13.6. The lowest BCUT2D eigenvalue weighted by Crippen LogP contribution is -2.33. The van der Waals surface area contributed by atoms with Crippen molar-refractivity contribution in [3.8, 4) is 17.6 Å². The number of allylic oxidation sites excluding steroid dienone is 1. The monoisotopic (exact) mass is 414 g/mol. The molecule has 0 aliphatic carbocycles. The Kier molecular flexibility index (Phi) is 5.46. The first-order chi connectivity index (χ1) is 15.0. The van der Waals surface area contributed by atoms with Crippen LogP contribution in [-0.2, 0) is 6.54 Å². The highest BCUT2D eigenvalue weighted by atomic mass is 16.5. The Bertz CT molecular complexity index is 1240. The van der Waals surface area contributed by atoms with Crippen LogP contribution in [0.2, 0.25) is 0 Å². The van der Waals surface area contributed by atoms with Gasteiger partial charge in [0.05, 0.1) is 24.6 Å². The summed E-state index contributed by atoms with van der Waals surface area (Å²) in [5, 5.41) is 9.80. The fraction of sp³-hybridized carbons (Fsp3) is 0.208. The molecule has 1 atom stereocenters. The number of hydrogen-bond donors (Lipinski definition) is 1. The molecule has 0 saturated carbocycles. The SMILES string of the molecule is CCOc1ccc([C@@H]2C(C#N)=C(N)Oc3cc(C)n(Cc4cccnc4)c(=O)c32)cc1. The van der Waals surface area contributed by atoms with E-state index in [4.69, 9.17) is 15.2 Å². The lowest BCUT2D eigenvalue weighted by Gasteiger charge is -2.27. The second-order valence-corrected chi connectivity index (χ2v) is 7.24. The molecule has 7 nitrogen and oxygen atoms in total. The Labute approximate surface area is 180 Å². The number of nitriles is 1. The highest BCUT2D eigenvalue weighted by Crippen LogP contribution is 2.40. The van der Waals surface area contributed by atoms with Crippen LogP contribution in [0.25, 0.3) is 0 Å². The summed E-state index contributed by atoms with van der Waals surface area (Å²) in [5.74, 6) is 0.475. The van der Waals surface area contributed by atoms with Crippen LogP contribution in [0, 0.1) is 18.3 Å². The van der Waals surface area contributed by atoms with E-state index >= 15 is 0 Å². The molecule has 0 amide bonds. The number of rotatable bonds is 5. The first-order valence-corrected chi connectivity index (χ1v) is 9.97. The predicted molar refractivity (Wildman–Crippen MR) is 116 cm³/mol. The van der Waals surface area contributed by atoms with Crippen LogP contribution < -0.4 is 20.8 Å². The van der Waals surface area contributed by atoms with E-state index in [-0.39, 0.29) is 17.0 Å². The van der Waals surface area contributed by atoms with Gasteiger partial charge in [0.15, 0.2) is 0 Å². The minimum Gasteiger partial charge on any atom is -0.494 e. The molecule has 0 unspecified atom stereocenters. The van der Waals surface area contributed by atoms with Gasteiger partial charge in [0, 0.05) is 24.2 Å². The molecule has 1 aliphatic heterocycles. The molecule has 0 spiro atoms. The largest absolute Gasteiger partial charge is 0.494 e. The van der Waals surface area contributed by atoms with Crippen LogP contribution in [0.3, 0.4) is 0 Å². The van der Waals surface area contributed by atoms with Gasteiger partial charge in [-0.3, -0.25) is 9.78 Å². The Morgan fingerprint density at radius 2 is 2.06 bits per heavy atom. The van der Waals surface area contributed by atoms with Crippen molar-refractivity contribution in [3.05, 3.63) is 99.1 Å². The van der Waals surface area contributed by atoms with E-state index in [1.807, 2.05) is 50.2 Å². The maximum Gasteiger partial charge on any atom is 0.259 e. The number of hydrogen-bond acceptors (Lipinski definition) is 6. The highest BCUT2D eigenvalue weighted by molar-refractivity contribution is 5.55. The van der Waals surface area contributed by atoms with Gasteiger partial charge in [-0.25, -0.2) is 0 Å². The quantitative estimate of drug-likeness (QED) is 0.688. The van der Waals surface area contributed by atoms with E-state index < -0.39 is 5.92 Å². The van der Waals surface area contributed by atoms with Gasteiger partial charge in [0.2, 0.25) is 5.88 Å². The highest BCUT2D eigenvalue weighted by Gasteiger charge is 2.34. The topological polar surface area (TPSA) is 103 Å². The Morgan fingerprint density at radius 3 is 2.71 bits per heavy atom. The molecule has 1 aliphatic rings. The summed E-state index contributed by atoms with van der Waals surface area (Å²) in [6.45, 7) is 4.66. The van der Waals surface area contributed by atoms with Crippen LogP contribution in [0.15, 0.2) is 71.1 Å². The van der Waals surface area contributed by atoms with Crippen molar-refractivity contribution in [2.24, 2.45) is 5.73 Å². The summed E-state index contributed by atoms with van der Waals surface area (Å²) in [6, 6.07) is 15.0. The first kappa shape index (κ1) is 20.2. The number of aryl methyl sites for hydroxylation is 1. The third kappa shape index (κ3) is 3.76. The summed E-state index contributed by atoms with van der Waals surface area (Å²) in [5.41, 5.74) is 8.84. The molecule has 4 rings (SSSR count). The molecule has 156 valence electrons. The number of fused-ring (bicyclic) bond motifs is 1. The fourth-order valence-electron chi connectivity index (χ4n) is 3.81. The second kappa shape index (κ2) is 8.36. The van der Waals surface area contributed by atoms with Gasteiger partial charge in [-0.15, -0.1) is 0 Å². The Morgan fingerprint density at radius 1 is 1.29 bits per heavy atom. The lowest BCUT2D eigenvalue weighted by molar-refractivity contribution is 0.340. The summed E-state index contributed by atoms with van der Waals surface area (Å²) in [7, 11) is 0. The van der Waals surface area contributed by atoms with Crippen LogP contribution >= 0.6 is 0 Å². The Balaban J connectivity index is 1.87. The third-order valence-electron chi connectivity index (χ3n) is 5.28. The number of benzene rings is 1. The number of nitrogens with two attached hydrogens (primary N) is 1. The molecular weight excluding hydrogens is 392 g/mol. The van der Waals surface area contributed by atoms with Gasteiger partial charge in [-0.1, -0.05) is 18.2 Å². The van der Waals surface area contributed by atoms with Crippen molar-refractivity contribution in [1.82, 2.24) is 9.55 Å². The molecule has 0 radical (unpaired) electrons. The summed E-state index contributed by atoms with van der Waals surface area (Å²) in [6.07, 6.45) is 3.42. The van der Waals surface area contributed by atoms with Crippen molar-refractivity contribution in [3.63, 3.8) is 0 Å². The Hall–Kier alpha value is -4.05. The van der Waals surface area contributed by atoms with Crippen molar-refractivity contribution >= 4 is 0 Å². The smallest absolute Gasteiger partial charge is 0.259 e. The van der Waals surface area contributed by atoms with E-state index in [1.165, 1.54) is 0 Å². The number of aromatic nitrogens is 2. The summed E-state index contributed by atoms with van der Waals surface area (Å²) < 4.78 is 12.9. The molecule has 3 heterocycles. The van der Waals surface area contributed by atoms with Crippen molar-refractivity contribution < 1.29 is 9.47 Å². The van der Waals surface area contributed by atoms with Crippen molar-refractivity contribution in [2.75, 3.05) is 6.61 Å². The zero-order valence-corrected chi connectivity index (χ0v) is 17.3. The van der Waals surface area contributed by atoms with Gasteiger partial charge >= 0.3 is 0 Å². The number of pyridine rings is 2.